The van der Waals surface area contributed by atoms with E-state index in [1.807, 2.05) is 6.92 Å². The van der Waals surface area contributed by atoms with Crippen LogP contribution in [0.2, 0.25) is 0 Å². The molecule has 0 saturated carbocycles. The van der Waals surface area contributed by atoms with Gasteiger partial charge in [-0.1, -0.05) is 19.4 Å². The lowest BCUT2D eigenvalue weighted by Crippen LogP contribution is -2.14. The second-order valence-electron chi connectivity index (χ2n) is 3.86. The molecule has 0 aliphatic heterocycles. The highest BCUT2D eigenvalue weighted by Gasteiger charge is 2.23. The molecule has 5 heteroatoms. The van der Waals surface area contributed by atoms with Crippen LogP contribution < -0.4 is 4.74 Å². The fourth-order valence-electron chi connectivity index (χ4n) is 1.57. The van der Waals surface area contributed by atoms with E-state index in [9.17, 15) is 9.59 Å². The molecule has 0 amide bonds. The zero-order chi connectivity index (χ0) is 14.3. The number of unbranched alkanes of at least 4 members (excludes halogenated alkanes) is 1. The van der Waals surface area contributed by atoms with Crippen LogP contribution in [0.1, 0.15) is 40.5 Å². The van der Waals surface area contributed by atoms with Gasteiger partial charge in [-0.2, -0.15) is 0 Å². The zero-order valence-electron chi connectivity index (χ0n) is 11.4. The van der Waals surface area contributed by atoms with Crippen molar-refractivity contribution < 1.29 is 23.8 Å². The number of carbonyl (C=O) groups is 2. The van der Waals surface area contributed by atoms with E-state index in [0.717, 1.165) is 12.8 Å². The lowest BCUT2D eigenvalue weighted by Gasteiger charge is -2.12. The number of benzene rings is 1. The molecule has 0 fully saturated rings. The molecular formula is C14H18O5. The Labute approximate surface area is 112 Å². The summed E-state index contributed by atoms with van der Waals surface area (Å²) in [5.74, 6) is -0.878. The van der Waals surface area contributed by atoms with Crippen molar-refractivity contribution in [3.8, 4) is 5.75 Å². The molecule has 0 aliphatic carbocycles. The van der Waals surface area contributed by atoms with Crippen LogP contribution in [0.5, 0.6) is 5.75 Å². The van der Waals surface area contributed by atoms with Crippen molar-refractivity contribution in [1.82, 2.24) is 0 Å². The van der Waals surface area contributed by atoms with Crippen molar-refractivity contribution >= 4 is 11.9 Å². The topological polar surface area (TPSA) is 61.8 Å². The number of methoxy groups -OCH3 is 2. The van der Waals surface area contributed by atoms with E-state index < -0.39 is 11.9 Å². The van der Waals surface area contributed by atoms with Crippen LogP contribution in [0, 0.1) is 0 Å². The standard InChI is InChI=1S/C14H18O5/c1-4-5-9-19-11-8-6-7-10(13(15)17-2)12(11)14(16)18-3/h6-8H,4-5,9H2,1-3H3. The number of hydrogen-bond donors (Lipinski definition) is 0. The summed E-state index contributed by atoms with van der Waals surface area (Å²) in [5.41, 5.74) is 0.247. The van der Waals surface area contributed by atoms with Gasteiger partial charge in [-0.3, -0.25) is 0 Å². The summed E-state index contributed by atoms with van der Waals surface area (Å²) in [6.07, 6.45) is 1.84. The highest BCUT2D eigenvalue weighted by molar-refractivity contribution is 6.05. The number of ether oxygens (including phenoxy) is 3. The minimum atomic E-state index is -0.618. The third-order valence-electron chi connectivity index (χ3n) is 2.58. The summed E-state index contributed by atoms with van der Waals surface area (Å²) in [6.45, 7) is 2.51. The highest BCUT2D eigenvalue weighted by atomic mass is 16.5. The zero-order valence-corrected chi connectivity index (χ0v) is 11.4. The smallest absolute Gasteiger partial charge is 0.342 e. The summed E-state index contributed by atoms with van der Waals surface area (Å²) in [5, 5.41) is 0. The molecule has 0 N–H and O–H groups in total. The van der Waals surface area contributed by atoms with E-state index in [0.29, 0.717) is 12.4 Å². The Hall–Kier alpha value is -2.04. The Morgan fingerprint density at radius 3 is 2.37 bits per heavy atom. The number of carbonyl (C=O) groups excluding carboxylic acids is 2. The minimum absolute atomic E-state index is 0.105. The Morgan fingerprint density at radius 2 is 1.79 bits per heavy atom. The lowest BCUT2D eigenvalue weighted by molar-refractivity contribution is 0.0551. The van der Waals surface area contributed by atoms with Gasteiger partial charge in [0.15, 0.2) is 0 Å². The van der Waals surface area contributed by atoms with Gasteiger partial charge in [0.1, 0.15) is 11.3 Å². The molecule has 1 aromatic rings. The van der Waals surface area contributed by atoms with Crippen LogP contribution in [0.15, 0.2) is 18.2 Å². The first-order valence-electron chi connectivity index (χ1n) is 6.08. The molecule has 5 nitrogen and oxygen atoms in total. The maximum atomic E-state index is 11.8. The first kappa shape index (κ1) is 15.0. The van der Waals surface area contributed by atoms with Crippen molar-refractivity contribution in [3.05, 3.63) is 29.3 Å². The van der Waals surface area contributed by atoms with Crippen LogP contribution in [-0.4, -0.2) is 32.8 Å². The van der Waals surface area contributed by atoms with E-state index in [-0.39, 0.29) is 11.1 Å². The largest absolute Gasteiger partial charge is 0.493 e. The molecule has 0 aliphatic rings. The van der Waals surface area contributed by atoms with Crippen LogP contribution in [0.4, 0.5) is 0 Å². The highest BCUT2D eigenvalue weighted by Crippen LogP contribution is 2.24. The van der Waals surface area contributed by atoms with Crippen LogP contribution >= 0.6 is 0 Å². The maximum Gasteiger partial charge on any atom is 0.342 e. The maximum absolute atomic E-state index is 11.8. The van der Waals surface area contributed by atoms with Gasteiger partial charge in [-0.15, -0.1) is 0 Å². The second kappa shape index (κ2) is 7.41. The summed E-state index contributed by atoms with van der Waals surface area (Å²) in [7, 11) is 2.51. The quantitative estimate of drug-likeness (QED) is 0.584. The van der Waals surface area contributed by atoms with Crippen molar-refractivity contribution in [3.63, 3.8) is 0 Å². The third-order valence-corrected chi connectivity index (χ3v) is 2.58. The molecule has 0 bridgehead atoms. The third kappa shape index (κ3) is 3.71. The van der Waals surface area contributed by atoms with Gasteiger partial charge in [-0.25, -0.2) is 9.59 Å². The average molecular weight is 266 g/mol. The van der Waals surface area contributed by atoms with Crippen molar-refractivity contribution in [2.75, 3.05) is 20.8 Å². The monoisotopic (exact) mass is 266 g/mol. The minimum Gasteiger partial charge on any atom is -0.493 e. The van der Waals surface area contributed by atoms with E-state index in [2.05, 4.69) is 4.74 Å². The van der Waals surface area contributed by atoms with Gasteiger partial charge in [0.25, 0.3) is 0 Å². The Morgan fingerprint density at radius 1 is 1.11 bits per heavy atom. The first-order chi connectivity index (χ1) is 9.15. The molecule has 0 spiro atoms. The van der Waals surface area contributed by atoms with Gasteiger partial charge in [0.2, 0.25) is 0 Å². The Kier molecular flexibility index (Phi) is 5.85. The van der Waals surface area contributed by atoms with E-state index in [1.165, 1.54) is 20.3 Å². The van der Waals surface area contributed by atoms with E-state index in [4.69, 9.17) is 9.47 Å². The van der Waals surface area contributed by atoms with Crippen LogP contribution in [0.3, 0.4) is 0 Å². The summed E-state index contributed by atoms with van der Waals surface area (Å²) in [6, 6.07) is 4.78. The van der Waals surface area contributed by atoms with E-state index in [1.54, 1.807) is 12.1 Å². The molecule has 0 unspecified atom stereocenters. The SMILES string of the molecule is CCCCOc1cccc(C(=O)OC)c1C(=O)OC. The fraction of sp³-hybridized carbons (Fsp3) is 0.429. The van der Waals surface area contributed by atoms with Gasteiger partial charge >= 0.3 is 11.9 Å². The molecule has 1 aromatic carbocycles. The molecule has 0 radical (unpaired) electrons. The molecule has 0 aromatic heterocycles. The van der Waals surface area contributed by atoms with Gasteiger partial charge in [-0.05, 0) is 18.6 Å². The number of rotatable bonds is 6. The predicted molar refractivity (Wildman–Crippen MR) is 69.5 cm³/mol. The van der Waals surface area contributed by atoms with Crippen molar-refractivity contribution in [2.24, 2.45) is 0 Å². The Balaban J connectivity index is 3.14. The van der Waals surface area contributed by atoms with Crippen molar-refractivity contribution in [2.45, 2.75) is 19.8 Å². The van der Waals surface area contributed by atoms with E-state index >= 15 is 0 Å². The lowest BCUT2D eigenvalue weighted by atomic mass is 10.1. The molecule has 0 atom stereocenters. The molecule has 0 heterocycles. The molecular weight excluding hydrogens is 248 g/mol. The molecule has 19 heavy (non-hydrogen) atoms. The molecule has 0 saturated heterocycles. The van der Waals surface area contributed by atoms with Crippen molar-refractivity contribution in [1.29, 1.82) is 0 Å². The average Bonchev–Trinajstić information content (AvgIpc) is 2.45. The summed E-state index contributed by atoms with van der Waals surface area (Å²) >= 11 is 0. The predicted octanol–water partition coefficient (Wildman–Crippen LogP) is 2.44. The second-order valence-corrected chi connectivity index (χ2v) is 3.86. The summed E-state index contributed by atoms with van der Waals surface area (Å²) in [4.78, 5) is 23.4. The molecule has 1 rings (SSSR count). The fourth-order valence-corrected chi connectivity index (χ4v) is 1.57. The van der Waals surface area contributed by atoms with Crippen LogP contribution in [-0.2, 0) is 9.47 Å². The normalized spacial score (nSPS) is 9.84. The number of hydrogen-bond acceptors (Lipinski definition) is 5. The van der Waals surface area contributed by atoms with Crippen LogP contribution in [0.25, 0.3) is 0 Å². The number of esters is 2. The van der Waals surface area contributed by atoms with Gasteiger partial charge < -0.3 is 14.2 Å². The Bertz CT molecular complexity index is 453. The van der Waals surface area contributed by atoms with Gasteiger partial charge in [0.05, 0.1) is 26.4 Å². The first-order valence-corrected chi connectivity index (χ1v) is 6.08. The summed E-state index contributed by atoms with van der Waals surface area (Å²) < 4.78 is 14.9. The van der Waals surface area contributed by atoms with Gasteiger partial charge in [0, 0.05) is 0 Å². The molecule has 104 valence electrons.